The van der Waals surface area contributed by atoms with E-state index >= 15 is 0 Å². The second-order valence-corrected chi connectivity index (χ2v) is 9.55. The summed E-state index contributed by atoms with van der Waals surface area (Å²) in [5, 5.41) is 13.7. The van der Waals surface area contributed by atoms with Gasteiger partial charge in [-0.1, -0.05) is 23.2 Å². The number of pyridine rings is 1. The van der Waals surface area contributed by atoms with Gasteiger partial charge >= 0.3 is 0 Å². The van der Waals surface area contributed by atoms with Crippen LogP contribution >= 0.6 is 23.2 Å². The van der Waals surface area contributed by atoms with Gasteiger partial charge in [-0.05, 0) is 31.3 Å². The van der Waals surface area contributed by atoms with Gasteiger partial charge in [0, 0.05) is 56.3 Å². The molecule has 0 radical (unpaired) electrons. The Bertz CT molecular complexity index is 1690. The molecule has 8 nitrogen and oxygen atoms in total. The SMILES string of the molecule is [2H]CN1CCN(C([2H])c2cc(-c3cc4ncc(C#N)c(Nc5cc(OC([2H])([2H])[2H])c(Cl)cc5Cl)c4cc3OC)co2)CC1. The van der Waals surface area contributed by atoms with Crippen molar-refractivity contribution in [2.24, 2.45) is 0 Å². The van der Waals surface area contributed by atoms with E-state index in [4.69, 9.17) is 43.9 Å². The van der Waals surface area contributed by atoms with E-state index in [2.05, 4.69) is 16.4 Å². The third kappa shape index (κ3) is 5.24. The first kappa shape index (κ1) is 20.5. The standard InChI is InChI=1S/C28H27Cl2N5O3/c1-34-4-6-35(7-5-34)15-19-8-17(16-38-19)20-9-24-21(10-26(20)36-2)28(18(13-31)14-32-24)33-25-12-27(37-3)23(30)11-22(25)29/h8-12,14,16H,4-7,15H2,1-3H3,(H,32,33)/i1D,3D3,15D. The van der Waals surface area contributed by atoms with E-state index in [1.165, 1.54) is 25.4 Å². The average Bonchev–Trinajstić information content (AvgIpc) is 3.48. The molecule has 0 amide bonds. The maximum absolute atomic E-state index is 9.87. The van der Waals surface area contributed by atoms with E-state index in [0.29, 0.717) is 52.3 Å². The lowest BCUT2D eigenvalue weighted by molar-refractivity contribution is 0.140. The number of likely N-dealkylation sites (N-methyl/N-ethyl adjacent to an activating group) is 1. The van der Waals surface area contributed by atoms with Crippen molar-refractivity contribution in [2.45, 2.75) is 6.52 Å². The predicted octanol–water partition coefficient (Wildman–Crippen LogP) is 6.18. The number of halogens is 2. The van der Waals surface area contributed by atoms with Crippen LogP contribution in [0, 0.1) is 11.3 Å². The van der Waals surface area contributed by atoms with Crippen molar-refractivity contribution in [2.75, 3.05) is 52.7 Å². The number of fused-ring (bicyclic) bond motifs is 1. The number of nitrogens with zero attached hydrogens (tertiary/aromatic N) is 4. The fourth-order valence-corrected chi connectivity index (χ4v) is 4.77. The number of ether oxygens (including phenoxy) is 2. The molecule has 1 unspecified atom stereocenters. The Morgan fingerprint density at radius 3 is 2.71 bits per heavy atom. The normalized spacial score (nSPS) is 17.5. The Hall–Kier alpha value is -3.48. The van der Waals surface area contributed by atoms with E-state index in [9.17, 15) is 5.26 Å². The maximum atomic E-state index is 9.87. The molecule has 10 heteroatoms. The molecule has 1 fully saturated rings. The summed E-state index contributed by atoms with van der Waals surface area (Å²) in [6.07, 6.45) is 2.99. The lowest BCUT2D eigenvalue weighted by atomic mass is 10.0. The second kappa shape index (κ2) is 11.1. The molecule has 38 heavy (non-hydrogen) atoms. The number of piperazine rings is 1. The smallest absolute Gasteiger partial charge is 0.139 e. The zero-order valence-corrected chi connectivity index (χ0v) is 21.9. The molecule has 3 heterocycles. The van der Waals surface area contributed by atoms with Gasteiger partial charge in [-0.3, -0.25) is 9.88 Å². The molecule has 0 spiro atoms. The van der Waals surface area contributed by atoms with Gasteiger partial charge in [0.15, 0.2) is 0 Å². The monoisotopic (exact) mass is 556 g/mol. The molecule has 2 aromatic carbocycles. The number of hydrogen-bond acceptors (Lipinski definition) is 8. The van der Waals surface area contributed by atoms with E-state index in [0.717, 1.165) is 13.1 Å². The molecule has 1 aliphatic heterocycles. The van der Waals surface area contributed by atoms with Crippen molar-refractivity contribution in [1.29, 1.82) is 5.26 Å². The Kier molecular flexibility index (Phi) is 5.98. The third-order valence-electron chi connectivity index (χ3n) is 6.35. The summed E-state index contributed by atoms with van der Waals surface area (Å²) in [5.41, 5.74) is 2.74. The van der Waals surface area contributed by atoms with Gasteiger partial charge in [-0.15, -0.1) is 0 Å². The minimum Gasteiger partial charge on any atom is -0.496 e. The van der Waals surface area contributed by atoms with Crippen LogP contribution in [-0.2, 0) is 6.52 Å². The third-order valence-corrected chi connectivity index (χ3v) is 6.96. The lowest BCUT2D eigenvalue weighted by Crippen LogP contribution is -2.43. The zero-order valence-electron chi connectivity index (χ0n) is 25.4. The summed E-state index contributed by atoms with van der Waals surface area (Å²) in [5.74, 6) is 0.852. The molecular weight excluding hydrogens is 525 g/mol. The number of nitrogens with one attached hydrogen (secondary N) is 1. The zero-order chi connectivity index (χ0) is 30.9. The Morgan fingerprint density at radius 1 is 1.13 bits per heavy atom. The quantitative estimate of drug-likeness (QED) is 0.288. The van der Waals surface area contributed by atoms with Crippen LogP contribution in [0.25, 0.3) is 22.0 Å². The van der Waals surface area contributed by atoms with Gasteiger partial charge in [-0.2, -0.15) is 5.26 Å². The van der Waals surface area contributed by atoms with Gasteiger partial charge in [-0.25, -0.2) is 0 Å². The largest absolute Gasteiger partial charge is 0.496 e. The van der Waals surface area contributed by atoms with Gasteiger partial charge < -0.3 is 24.1 Å². The summed E-state index contributed by atoms with van der Waals surface area (Å²) < 4.78 is 55.1. The van der Waals surface area contributed by atoms with Crippen LogP contribution < -0.4 is 14.8 Å². The highest BCUT2D eigenvalue weighted by Gasteiger charge is 2.19. The topological polar surface area (TPSA) is 86.8 Å². The van der Waals surface area contributed by atoms with Crippen molar-refractivity contribution in [1.82, 2.24) is 14.8 Å². The Morgan fingerprint density at radius 2 is 1.97 bits per heavy atom. The van der Waals surface area contributed by atoms with Crippen LogP contribution in [0.5, 0.6) is 11.5 Å². The molecule has 2 aromatic heterocycles. The summed E-state index contributed by atoms with van der Waals surface area (Å²) in [4.78, 5) is 8.51. The minimum atomic E-state index is -2.73. The molecule has 1 aliphatic rings. The molecule has 5 rings (SSSR count). The van der Waals surface area contributed by atoms with Crippen LogP contribution in [0.4, 0.5) is 11.4 Å². The van der Waals surface area contributed by atoms with Gasteiger partial charge in [0.05, 0.1) is 64.9 Å². The molecule has 0 aliphatic carbocycles. The highest BCUT2D eigenvalue weighted by Crippen LogP contribution is 2.41. The van der Waals surface area contributed by atoms with Crippen LogP contribution in [0.1, 0.15) is 18.2 Å². The summed E-state index contributed by atoms with van der Waals surface area (Å²) in [7, 11) is -0.963. The molecule has 0 bridgehead atoms. The van der Waals surface area contributed by atoms with Crippen molar-refractivity contribution in [3.05, 3.63) is 64.2 Å². The first-order valence-electron chi connectivity index (χ1n) is 14.4. The van der Waals surface area contributed by atoms with Gasteiger partial charge in [0.1, 0.15) is 23.3 Å². The molecule has 196 valence electrons. The van der Waals surface area contributed by atoms with Gasteiger partial charge in [0.25, 0.3) is 0 Å². The molecule has 4 aromatic rings. The van der Waals surface area contributed by atoms with Crippen molar-refractivity contribution in [3.63, 3.8) is 0 Å². The molecular formula is C28H27Cl2N5O3. The highest BCUT2D eigenvalue weighted by atomic mass is 35.5. The first-order valence-corrected chi connectivity index (χ1v) is 12.4. The van der Waals surface area contributed by atoms with E-state index in [1.54, 1.807) is 24.5 Å². The van der Waals surface area contributed by atoms with E-state index < -0.39 is 13.6 Å². The fourth-order valence-electron chi connectivity index (χ4n) is 4.31. The van der Waals surface area contributed by atoms with Crippen molar-refractivity contribution >= 4 is 45.5 Å². The number of methoxy groups -OCH3 is 2. The number of hydrogen-bond donors (Lipinski definition) is 1. The van der Waals surface area contributed by atoms with Gasteiger partial charge in [0.2, 0.25) is 0 Å². The van der Waals surface area contributed by atoms with Crippen LogP contribution in [-0.4, -0.2) is 62.1 Å². The summed E-state index contributed by atoms with van der Waals surface area (Å²) >= 11 is 12.6. The Labute approximate surface area is 238 Å². The second-order valence-electron chi connectivity index (χ2n) is 8.74. The van der Waals surface area contributed by atoms with Crippen molar-refractivity contribution in [3.8, 4) is 28.7 Å². The van der Waals surface area contributed by atoms with Crippen LogP contribution in [0.3, 0.4) is 0 Å². The average molecular weight is 557 g/mol. The predicted molar refractivity (Wildman–Crippen MR) is 150 cm³/mol. The summed E-state index contributed by atoms with van der Waals surface area (Å²) in [6.45, 7) is 2.11. The highest BCUT2D eigenvalue weighted by molar-refractivity contribution is 6.37. The van der Waals surface area contributed by atoms with Crippen LogP contribution in [0.15, 0.2) is 47.2 Å². The van der Waals surface area contributed by atoms with Crippen molar-refractivity contribution < 1.29 is 20.7 Å². The number of nitriles is 1. The number of benzene rings is 2. The number of aromatic nitrogens is 1. The first-order chi connectivity index (χ1) is 20.5. The molecule has 1 atom stereocenters. The fraction of sp³-hybridized carbons (Fsp3) is 0.286. The van der Waals surface area contributed by atoms with E-state index in [-0.39, 0.29) is 34.1 Å². The minimum absolute atomic E-state index is 0.0163. The lowest BCUT2D eigenvalue weighted by Gasteiger charge is -2.31. The number of furan rings is 1. The maximum Gasteiger partial charge on any atom is 0.139 e. The van der Waals surface area contributed by atoms with E-state index in [1.807, 2.05) is 9.80 Å². The van der Waals surface area contributed by atoms with Crippen LogP contribution in [0.2, 0.25) is 10.0 Å². The molecule has 1 saturated heterocycles. The number of rotatable bonds is 7. The Balaban J connectivity index is 1.50. The molecule has 1 N–H and O–H groups in total. The number of anilines is 2. The molecule has 0 saturated carbocycles. The summed E-state index contributed by atoms with van der Waals surface area (Å²) in [6, 6.07) is 10.2.